The molecule has 1 rings (SSSR count). The molecule has 0 amide bonds. The number of aliphatic carboxylic acids is 1. The maximum atomic E-state index is 10.3. The highest BCUT2D eigenvalue weighted by Crippen LogP contribution is 2.00. The first-order valence-corrected chi connectivity index (χ1v) is 4.13. The van der Waals surface area contributed by atoms with E-state index in [0.717, 1.165) is 5.56 Å². The first-order chi connectivity index (χ1) is 6.20. The maximum absolute atomic E-state index is 10.3. The molecule has 0 saturated carbocycles. The lowest BCUT2D eigenvalue weighted by Gasteiger charge is -2.08. The van der Waals surface area contributed by atoms with Gasteiger partial charge in [-0.3, -0.25) is 4.98 Å². The van der Waals surface area contributed by atoms with Gasteiger partial charge in [-0.2, -0.15) is 0 Å². The van der Waals surface area contributed by atoms with E-state index < -0.39 is 12.0 Å². The molecule has 0 spiro atoms. The van der Waals surface area contributed by atoms with Crippen molar-refractivity contribution in [3.8, 4) is 0 Å². The van der Waals surface area contributed by atoms with E-state index in [-0.39, 0.29) is 0 Å². The molecule has 70 valence electrons. The monoisotopic (exact) mass is 180 g/mol. The summed E-state index contributed by atoms with van der Waals surface area (Å²) >= 11 is 0. The second kappa shape index (κ2) is 4.57. The Morgan fingerprint density at radius 2 is 2.46 bits per heavy atom. The summed E-state index contributed by atoms with van der Waals surface area (Å²) in [5.41, 5.74) is 4.50. The molecule has 0 aliphatic carbocycles. The summed E-state index contributed by atoms with van der Waals surface area (Å²) in [6.45, 7) is 0. The van der Waals surface area contributed by atoms with Gasteiger partial charge in [0.15, 0.2) is 0 Å². The molecule has 4 heteroatoms. The molecule has 1 aromatic heterocycles. The molecule has 0 unspecified atom stereocenters. The fraction of sp³-hybridized carbons (Fsp3) is 0.333. The molecule has 0 radical (unpaired) electrons. The molecule has 4 nitrogen and oxygen atoms in total. The number of aryl methyl sites for hydroxylation is 1. The van der Waals surface area contributed by atoms with Crippen LogP contribution in [0.2, 0.25) is 0 Å². The minimum absolute atomic E-state index is 0.494. The number of pyridine rings is 1. The van der Waals surface area contributed by atoms with E-state index in [9.17, 15) is 9.90 Å². The highest BCUT2D eigenvalue weighted by molar-refractivity contribution is 5.69. The van der Waals surface area contributed by atoms with Crippen LogP contribution >= 0.6 is 0 Å². The zero-order valence-corrected chi connectivity index (χ0v) is 7.27. The zero-order chi connectivity index (χ0) is 9.68. The van der Waals surface area contributed by atoms with Crippen molar-refractivity contribution in [2.45, 2.75) is 18.9 Å². The van der Waals surface area contributed by atoms with Gasteiger partial charge < -0.3 is 15.6 Å². The number of quaternary nitrogens is 1. The van der Waals surface area contributed by atoms with Crippen LogP contribution < -0.4 is 10.8 Å². The minimum Gasteiger partial charge on any atom is -0.544 e. The quantitative estimate of drug-likeness (QED) is 0.604. The fourth-order valence-corrected chi connectivity index (χ4v) is 1.00. The van der Waals surface area contributed by atoms with E-state index in [1.165, 1.54) is 0 Å². The number of carbonyl (C=O) groups excluding carboxylic acids is 1. The Kier molecular flexibility index (Phi) is 3.40. The molecule has 0 aliphatic rings. The van der Waals surface area contributed by atoms with Crippen LogP contribution in [0.25, 0.3) is 0 Å². The van der Waals surface area contributed by atoms with Gasteiger partial charge in [0.1, 0.15) is 6.04 Å². The van der Waals surface area contributed by atoms with Crippen molar-refractivity contribution in [2.75, 3.05) is 0 Å². The van der Waals surface area contributed by atoms with Gasteiger partial charge in [-0.05, 0) is 18.1 Å². The van der Waals surface area contributed by atoms with Crippen molar-refractivity contribution in [1.29, 1.82) is 0 Å². The predicted octanol–water partition coefficient (Wildman–Crippen LogP) is -1.63. The number of hydrogen-bond acceptors (Lipinski definition) is 3. The smallest absolute Gasteiger partial charge is 0.125 e. The topological polar surface area (TPSA) is 80.7 Å². The van der Waals surface area contributed by atoms with Crippen LogP contribution in [0.4, 0.5) is 0 Å². The number of carbonyl (C=O) groups is 1. The van der Waals surface area contributed by atoms with Gasteiger partial charge in [0, 0.05) is 18.8 Å². The van der Waals surface area contributed by atoms with E-state index in [1.807, 2.05) is 12.1 Å². The number of carboxylic acid groups (broad SMARTS) is 1. The van der Waals surface area contributed by atoms with Crippen LogP contribution in [-0.4, -0.2) is 17.0 Å². The molecule has 0 fully saturated rings. The van der Waals surface area contributed by atoms with E-state index >= 15 is 0 Å². The Bertz CT molecular complexity index is 274. The van der Waals surface area contributed by atoms with E-state index in [1.54, 1.807) is 12.4 Å². The second-order valence-corrected chi connectivity index (χ2v) is 2.92. The van der Waals surface area contributed by atoms with Crippen molar-refractivity contribution < 1.29 is 15.6 Å². The highest BCUT2D eigenvalue weighted by atomic mass is 16.4. The second-order valence-electron chi connectivity index (χ2n) is 2.92. The molecule has 1 atom stereocenters. The Labute approximate surface area is 76.4 Å². The lowest BCUT2D eigenvalue weighted by Crippen LogP contribution is -2.68. The Morgan fingerprint density at radius 1 is 1.69 bits per heavy atom. The summed E-state index contributed by atoms with van der Waals surface area (Å²) in [6.07, 6.45) is 4.58. The van der Waals surface area contributed by atoms with Gasteiger partial charge >= 0.3 is 0 Å². The van der Waals surface area contributed by atoms with Crippen molar-refractivity contribution in [1.82, 2.24) is 4.98 Å². The molecular formula is C9H12N2O2. The molecule has 3 N–H and O–H groups in total. The Hall–Kier alpha value is -1.42. The van der Waals surface area contributed by atoms with Crippen LogP contribution in [-0.2, 0) is 11.2 Å². The standard InChI is InChI=1S/C9H12N2O2/c10-8(9(12)13)4-3-7-2-1-5-11-6-7/h1-2,5-6,8H,3-4,10H2,(H,12,13)/t8-/m1/s1. The first-order valence-electron chi connectivity index (χ1n) is 4.13. The first kappa shape index (κ1) is 9.67. The minimum atomic E-state index is -1.09. The lowest BCUT2D eigenvalue weighted by atomic mass is 10.1. The van der Waals surface area contributed by atoms with Crippen LogP contribution in [0.5, 0.6) is 0 Å². The highest BCUT2D eigenvalue weighted by Gasteiger charge is 2.06. The number of nitrogens with zero attached hydrogens (tertiary/aromatic N) is 1. The van der Waals surface area contributed by atoms with Gasteiger partial charge in [-0.15, -0.1) is 0 Å². The third-order valence-corrected chi connectivity index (χ3v) is 1.84. The Morgan fingerprint density at radius 3 is 3.00 bits per heavy atom. The summed E-state index contributed by atoms with van der Waals surface area (Å²) in [5, 5.41) is 10.3. The molecule has 0 bridgehead atoms. The van der Waals surface area contributed by atoms with Gasteiger partial charge in [0.05, 0.1) is 5.97 Å². The number of rotatable bonds is 4. The third-order valence-electron chi connectivity index (χ3n) is 1.84. The third kappa shape index (κ3) is 3.21. The van der Waals surface area contributed by atoms with Crippen molar-refractivity contribution in [3.63, 3.8) is 0 Å². The molecule has 13 heavy (non-hydrogen) atoms. The summed E-state index contributed by atoms with van der Waals surface area (Å²) in [6, 6.07) is 3.10. The largest absolute Gasteiger partial charge is 0.544 e. The average Bonchev–Trinajstić information content (AvgIpc) is 2.15. The van der Waals surface area contributed by atoms with Crippen LogP contribution in [0.3, 0.4) is 0 Å². The van der Waals surface area contributed by atoms with E-state index in [4.69, 9.17) is 0 Å². The van der Waals surface area contributed by atoms with Crippen molar-refractivity contribution in [2.24, 2.45) is 0 Å². The van der Waals surface area contributed by atoms with Gasteiger partial charge in [0.2, 0.25) is 0 Å². The van der Waals surface area contributed by atoms with Crippen LogP contribution in [0.15, 0.2) is 24.5 Å². The molecule has 0 saturated heterocycles. The molecule has 1 aromatic rings. The maximum Gasteiger partial charge on any atom is 0.125 e. The fourth-order valence-electron chi connectivity index (χ4n) is 1.00. The lowest BCUT2D eigenvalue weighted by molar-refractivity contribution is -0.438. The molecular weight excluding hydrogens is 168 g/mol. The summed E-state index contributed by atoms with van der Waals surface area (Å²) in [5.74, 6) is -1.09. The number of carboxylic acids is 1. The van der Waals surface area contributed by atoms with Crippen molar-refractivity contribution in [3.05, 3.63) is 30.1 Å². The van der Waals surface area contributed by atoms with Gasteiger partial charge in [-0.25, -0.2) is 0 Å². The SMILES string of the molecule is [NH3+][C@H](CCc1cccnc1)C(=O)[O-]. The van der Waals surface area contributed by atoms with Crippen LogP contribution in [0, 0.1) is 0 Å². The summed E-state index contributed by atoms with van der Waals surface area (Å²) < 4.78 is 0. The molecule has 0 aliphatic heterocycles. The zero-order valence-electron chi connectivity index (χ0n) is 7.27. The van der Waals surface area contributed by atoms with E-state index in [2.05, 4.69) is 10.7 Å². The average molecular weight is 180 g/mol. The summed E-state index contributed by atoms with van der Waals surface area (Å²) in [4.78, 5) is 14.3. The normalized spacial score (nSPS) is 12.4. The molecule has 0 aromatic carbocycles. The number of aromatic nitrogens is 1. The Balaban J connectivity index is 2.39. The van der Waals surface area contributed by atoms with Crippen LogP contribution in [0.1, 0.15) is 12.0 Å². The summed E-state index contributed by atoms with van der Waals surface area (Å²) in [7, 11) is 0. The van der Waals surface area contributed by atoms with Crippen molar-refractivity contribution >= 4 is 5.97 Å². The van der Waals surface area contributed by atoms with E-state index in [0.29, 0.717) is 12.8 Å². The van der Waals surface area contributed by atoms with Gasteiger partial charge in [0.25, 0.3) is 0 Å². The van der Waals surface area contributed by atoms with Gasteiger partial charge in [-0.1, -0.05) is 6.07 Å². The number of hydrogen-bond donors (Lipinski definition) is 1. The predicted molar refractivity (Wildman–Crippen MR) is 44.2 cm³/mol. The molecule has 1 heterocycles.